The Bertz CT molecular complexity index is 616. The van der Waals surface area contributed by atoms with E-state index in [1.54, 1.807) is 6.92 Å². The lowest BCUT2D eigenvalue weighted by molar-refractivity contribution is -0.571. The molecule has 132 valence electrons. The molecule has 1 spiro atoms. The van der Waals surface area contributed by atoms with Crippen molar-refractivity contribution >= 4 is 11.9 Å². The zero-order chi connectivity index (χ0) is 17.3. The van der Waals surface area contributed by atoms with E-state index in [0.29, 0.717) is 24.8 Å². The summed E-state index contributed by atoms with van der Waals surface area (Å²) in [7, 11) is 0. The van der Waals surface area contributed by atoms with Gasteiger partial charge in [0.25, 0.3) is 0 Å². The predicted molar refractivity (Wildman–Crippen MR) is 79.3 cm³/mol. The second-order valence-electron chi connectivity index (χ2n) is 7.51. The smallest absolute Gasteiger partial charge is 0.334 e. The van der Waals surface area contributed by atoms with Crippen molar-refractivity contribution in [2.75, 3.05) is 0 Å². The number of ether oxygens (including phenoxy) is 3. The van der Waals surface area contributed by atoms with Gasteiger partial charge in [0, 0.05) is 24.8 Å². The van der Waals surface area contributed by atoms with E-state index in [1.807, 2.05) is 6.92 Å². The summed E-state index contributed by atoms with van der Waals surface area (Å²) in [5, 5.41) is 0. The molecule has 5 rings (SSSR count). The zero-order valence-corrected chi connectivity index (χ0v) is 14.1. The Labute approximate surface area is 140 Å². The summed E-state index contributed by atoms with van der Waals surface area (Å²) in [5.74, 6) is -1.88. The molecule has 4 heterocycles. The first kappa shape index (κ1) is 16.1. The highest BCUT2D eigenvalue weighted by molar-refractivity contribution is 5.90. The third-order valence-corrected chi connectivity index (χ3v) is 5.87. The van der Waals surface area contributed by atoms with Crippen LogP contribution in [0.3, 0.4) is 0 Å². The molecule has 0 aromatic carbocycles. The van der Waals surface area contributed by atoms with Gasteiger partial charge in [0.05, 0.1) is 6.10 Å². The fourth-order valence-corrected chi connectivity index (χ4v) is 4.69. The van der Waals surface area contributed by atoms with E-state index in [0.717, 1.165) is 0 Å². The first-order chi connectivity index (χ1) is 11.2. The van der Waals surface area contributed by atoms with Gasteiger partial charge in [-0.05, 0) is 25.7 Å². The maximum atomic E-state index is 11.9. The van der Waals surface area contributed by atoms with E-state index in [9.17, 15) is 9.59 Å². The predicted octanol–water partition coefficient (Wildman–Crippen LogP) is 1.65. The molecule has 0 aromatic heterocycles. The van der Waals surface area contributed by atoms with Crippen molar-refractivity contribution in [3.8, 4) is 0 Å². The van der Waals surface area contributed by atoms with Crippen molar-refractivity contribution < 1.29 is 33.6 Å². The molecule has 0 aromatic rings. The molecule has 2 bridgehead atoms. The maximum absolute atomic E-state index is 11.9. The molecule has 4 saturated heterocycles. The van der Waals surface area contributed by atoms with E-state index in [-0.39, 0.29) is 36.0 Å². The van der Waals surface area contributed by atoms with E-state index in [1.165, 1.54) is 6.92 Å². The van der Waals surface area contributed by atoms with Crippen LogP contribution in [0, 0.1) is 11.8 Å². The van der Waals surface area contributed by atoms with Crippen LogP contribution in [0.2, 0.25) is 0 Å². The Morgan fingerprint density at radius 3 is 2.79 bits per heavy atom. The van der Waals surface area contributed by atoms with Crippen molar-refractivity contribution in [3.63, 3.8) is 0 Å². The number of fused-ring (bicyclic) bond motifs is 3. The minimum atomic E-state index is -0.975. The number of carbonyl (C=O) groups excluding carboxylic acids is 2. The molecule has 1 saturated carbocycles. The molecule has 7 nitrogen and oxygen atoms in total. The highest BCUT2D eigenvalue weighted by Gasteiger charge is 2.68. The molecule has 4 aliphatic heterocycles. The third-order valence-electron chi connectivity index (χ3n) is 5.87. The summed E-state index contributed by atoms with van der Waals surface area (Å²) in [5.41, 5.74) is -0.426. The molecule has 7 unspecified atom stereocenters. The summed E-state index contributed by atoms with van der Waals surface area (Å²) in [6.07, 6.45) is 0.417. The first-order valence-electron chi connectivity index (χ1n) is 8.37. The van der Waals surface area contributed by atoms with E-state index >= 15 is 0 Å². The van der Waals surface area contributed by atoms with E-state index < -0.39 is 17.5 Å². The quantitative estimate of drug-likeness (QED) is 0.408. The minimum Gasteiger partial charge on any atom is -0.459 e. The van der Waals surface area contributed by atoms with E-state index in [4.69, 9.17) is 24.0 Å². The number of carbonyl (C=O) groups is 2. The third kappa shape index (κ3) is 2.08. The highest BCUT2D eigenvalue weighted by atomic mass is 17.3. The molecule has 24 heavy (non-hydrogen) atoms. The molecule has 5 aliphatic rings. The van der Waals surface area contributed by atoms with Crippen LogP contribution >= 0.6 is 0 Å². The maximum Gasteiger partial charge on any atom is 0.334 e. The number of hydrogen-bond donors (Lipinski definition) is 0. The van der Waals surface area contributed by atoms with Crippen molar-refractivity contribution in [1.29, 1.82) is 0 Å². The fourth-order valence-electron chi connectivity index (χ4n) is 4.69. The number of esters is 2. The average Bonchev–Trinajstić information content (AvgIpc) is 2.67. The Balaban J connectivity index is 1.73. The van der Waals surface area contributed by atoms with Gasteiger partial charge in [-0.25, -0.2) is 14.6 Å². The normalized spacial score (nSPS) is 49.9. The van der Waals surface area contributed by atoms with Gasteiger partial charge in [0.2, 0.25) is 5.79 Å². The minimum absolute atomic E-state index is 0.0922. The van der Waals surface area contributed by atoms with Crippen molar-refractivity contribution in [2.24, 2.45) is 11.8 Å². The Morgan fingerprint density at radius 2 is 2.08 bits per heavy atom. The van der Waals surface area contributed by atoms with Crippen LogP contribution < -0.4 is 0 Å². The summed E-state index contributed by atoms with van der Waals surface area (Å²) in [6.45, 7) is 9.02. The second-order valence-corrected chi connectivity index (χ2v) is 7.51. The lowest BCUT2D eigenvalue weighted by Gasteiger charge is -2.58. The van der Waals surface area contributed by atoms with Crippen molar-refractivity contribution in [2.45, 2.75) is 69.7 Å². The molecule has 7 heteroatoms. The summed E-state index contributed by atoms with van der Waals surface area (Å²) in [4.78, 5) is 34.8. The number of hydrogen-bond acceptors (Lipinski definition) is 7. The van der Waals surface area contributed by atoms with Gasteiger partial charge in [-0.15, -0.1) is 0 Å². The molecule has 0 N–H and O–H groups in total. The SMILES string of the molecule is C=C1C(=O)OC2CC(C)C34OOC(C)(CC3OC(C)=O)OC4CC12. The Kier molecular flexibility index (Phi) is 3.37. The number of rotatable bonds is 1. The second kappa shape index (κ2) is 5.03. The molecule has 1 aliphatic carbocycles. The molecule has 5 fully saturated rings. The lowest BCUT2D eigenvalue weighted by atomic mass is 9.73. The van der Waals surface area contributed by atoms with Gasteiger partial charge in [0.1, 0.15) is 12.2 Å². The molecular weight excluding hydrogens is 316 g/mol. The average molecular weight is 338 g/mol. The Hall–Kier alpha value is -1.44. The van der Waals surface area contributed by atoms with Gasteiger partial charge in [-0.3, -0.25) is 4.79 Å². The van der Waals surface area contributed by atoms with Gasteiger partial charge < -0.3 is 14.2 Å². The van der Waals surface area contributed by atoms with Crippen LogP contribution in [0.5, 0.6) is 0 Å². The standard InChI is InChI=1S/C17H22O7/c1-8-5-12-11(9(2)15(19)21-12)6-13-17(8)14(20-10(3)18)7-16(4,22-13)23-24-17/h8,11-14H,2,5-7H2,1,3-4H3. The first-order valence-corrected chi connectivity index (χ1v) is 8.37. The topological polar surface area (TPSA) is 80.3 Å². The van der Waals surface area contributed by atoms with Crippen LogP contribution in [0.25, 0.3) is 0 Å². The fraction of sp³-hybridized carbons (Fsp3) is 0.765. The van der Waals surface area contributed by atoms with Crippen LogP contribution in [0.4, 0.5) is 0 Å². The lowest BCUT2D eigenvalue weighted by Crippen LogP contribution is -2.72. The van der Waals surface area contributed by atoms with Gasteiger partial charge in [0.15, 0.2) is 5.60 Å². The Morgan fingerprint density at radius 1 is 1.33 bits per heavy atom. The summed E-state index contributed by atoms with van der Waals surface area (Å²) >= 11 is 0. The van der Waals surface area contributed by atoms with Crippen LogP contribution in [0.1, 0.15) is 40.0 Å². The van der Waals surface area contributed by atoms with Crippen LogP contribution in [-0.2, 0) is 33.6 Å². The highest BCUT2D eigenvalue weighted by Crippen LogP contribution is 2.55. The van der Waals surface area contributed by atoms with Crippen LogP contribution in [0.15, 0.2) is 12.2 Å². The van der Waals surface area contributed by atoms with Gasteiger partial charge in [-0.2, -0.15) is 0 Å². The largest absolute Gasteiger partial charge is 0.459 e. The van der Waals surface area contributed by atoms with E-state index in [2.05, 4.69) is 6.58 Å². The zero-order valence-electron chi connectivity index (χ0n) is 14.1. The van der Waals surface area contributed by atoms with Crippen molar-refractivity contribution in [1.82, 2.24) is 0 Å². The van der Waals surface area contributed by atoms with Gasteiger partial charge in [-0.1, -0.05) is 13.5 Å². The molecular formula is C17H22O7. The van der Waals surface area contributed by atoms with Crippen LogP contribution in [-0.4, -0.2) is 41.6 Å². The summed E-state index contributed by atoms with van der Waals surface area (Å²) in [6, 6.07) is 0. The van der Waals surface area contributed by atoms with Crippen molar-refractivity contribution in [3.05, 3.63) is 12.2 Å². The molecule has 0 radical (unpaired) electrons. The molecule has 0 amide bonds. The summed E-state index contributed by atoms with van der Waals surface area (Å²) < 4.78 is 17.2. The van der Waals surface area contributed by atoms with Gasteiger partial charge >= 0.3 is 11.9 Å². The molecule has 7 atom stereocenters. The monoisotopic (exact) mass is 338 g/mol.